The molecule has 0 aliphatic carbocycles. The first-order chi connectivity index (χ1) is 13.6. The van der Waals surface area contributed by atoms with Crippen LogP contribution < -0.4 is 9.84 Å². The zero-order valence-corrected chi connectivity index (χ0v) is 15.4. The van der Waals surface area contributed by atoms with E-state index in [1.165, 1.54) is 0 Å². The monoisotopic (exact) mass is 368 g/mol. The van der Waals surface area contributed by atoms with Crippen LogP contribution in [0.25, 0.3) is 22.2 Å². The number of fused-ring (bicyclic) bond motifs is 1. The van der Waals surface area contributed by atoms with Crippen LogP contribution in [0.1, 0.15) is 21.5 Å². The number of carbonyl (C=O) groups is 1. The average Bonchev–Trinajstić information content (AvgIpc) is 2.72. The molecule has 4 heteroatoms. The van der Waals surface area contributed by atoms with Crippen molar-refractivity contribution in [1.82, 2.24) is 4.98 Å². The number of nitrogens with zero attached hydrogens (tertiary/aromatic N) is 1. The van der Waals surface area contributed by atoms with Gasteiger partial charge in [0.25, 0.3) is 0 Å². The molecule has 1 aromatic heterocycles. The Labute approximate surface area is 163 Å². The standard InChI is InChI=1S/C24H19NO3/c1-16-7-12-22-20(13-16)21(24(26)27)14-23(25-22)18-8-10-19(11-9-18)28-15-17-5-3-2-4-6-17/h2-14H,15H2,1H3,(H,26,27)/p-1. The number of ether oxygens (including phenoxy) is 1. The molecule has 0 amide bonds. The number of aromatic nitrogens is 1. The van der Waals surface area contributed by atoms with Gasteiger partial charge in [0.2, 0.25) is 0 Å². The van der Waals surface area contributed by atoms with Crippen molar-refractivity contribution in [3.05, 3.63) is 95.6 Å². The number of carbonyl (C=O) groups excluding carboxylic acids is 1. The largest absolute Gasteiger partial charge is 0.545 e. The number of carboxylic acids is 1. The predicted molar refractivity (Wildman–Crippen MR) is 107 cm³/mol. The van der Waals surface area contributed by atoms with E-state index < -0.39 is 5.97 Å². The SMILES string of the molecule is Cc1ccc2nc(-c3ccc(OCc4ccccc4)cc3)cc(C(=O)[O-])c2c1. The van der Waals surface area contributed by atoms with Gasteiger partial charge in [0.1, 0.15) is 12.4 Å². The van der Waals surface area contributed by atoms with Crippen molar-refractivity contribution < 1.29 is 14.6 Å². The lowest BCUT2D eigenvalue weighted by atomic mass is 10.0. The maximum atomic E-state index is 11.6. The van der Waals surface area contributed by atoms with Gasteiger partial charge in [0.05, 0.1) is 17.2 Å². The highest BCUT2D eigenvalue weighted by Gasteiger charge is 2.09. The van der Waals surface area contributed by atoms with Gasteiger partial charge in [-0.2, -0.15) is 0 Å². The molecule has 0 atom stereocenters. The van der Waals surface area contributed by atoms with E-state index in [4.69, 9.17) is 4.74 Å². The molecule has 0 bridgehead atoms. The molecule has 1 heterocycles. The van der Waals surface area contributed by atoms with Crippen molar-refractivity contribution in [2.24, 2.45) is 0 Å². The van der Waals surface area contributed by atoms with E-state index in [0.29, 0.717) is 23.2 Å². The third-order valence-corrected chi connectivity index (χ3v) is 4.58. The van der Waals surface area contributed by atoms with E-state index in [0.717, 1.165) is 22.4 Å². The summed E-state index contributed by atoms with van der Waals surface area (Å²) >= 11 is 0. The lowest BCUT2D eigenvalue weighted by Crippen LogP contribution is -2.22. The number of aromatic carboxylic acids is 1. The minimum absolute atomic E-state index is 0.146. The number of hydrogen-bond donors (Lipinski definition) is 0. The Balaban J connectivity index is 1.62. The van der Waals surface area contributed by atoms with E-state index in [-0.39, 0.29) is 5.56 Å². The molecular weight excluding hydrogens is 350 g/mol. The van der Waals surface area contributed by atoms with Gasteiger partial charge in [0, 0.05) is 16.5 Å². The smallest absolute Gasteiger partial charge is 0.119 e. The van der Waals surface area contributed by atoms with Crippen molar-refractivity contribution in [1.29, 1.82) is 0 Å². The highest BCUT2D eigenvalue weighted by Crippen LogP contribution is 2.27. The van der Waals surface area contributed by atoms with E-state index in [1.54, 1.807) is 6.07 Å². The van der Waals surface area contributed by atoms with Crippen LogP contribution in [0.5, 0.6) is 5.75 Å². The van der Waals surface area contributed by atoms with Crippen molar-refractivity contribution in [3.8, 4) is 17.0 Å². The van der Waals surface area contributed by atoms with Gasteiger partial charge in [-0.1, -0.05) is 42.0 Å². The van der Waals surface area contributed by atoms with Crippen LogP contribution in [-0.2, 0) is 6.61 Å². The molecule has 0 aliphatic heterocycles. The van der Waals surface area contributed by atoms with Gasteiger partial charge < -0.3 is 14.6 Å². The third kappa shape index (κ3) is 3.71. The molecule has 0 spiro atoms. The van der Waals surface area contributed by atoms with Gasteiger partial charge >= 0.3 is 0 Å². The summed E-state index contributed by atoms with van der Waals surface area (Å²) in [6.07, 6.45) is 0. The van der Waals surface area contributed by atoms with Gasteiger partial charge in [-0.05, 0) is 55.0 Å². The van der Waals surface area contributed by atoms with Crippen molar-refractivity contribution in [2.45, 2.75) is 13.5 Å². The normalized spacial score (nSPS) is 10.8. The Kier molecular flexibility index (Phi) is 4.77. The van der Waals surface area contributed by atoms with Crippen molar-refractivity contribution in [3.63, 3.8) is 0 Å². The summed E-state index contributed by atoms with van der Waals surface area (Å²) < 4.78 is 5.80. The molecule has 0 fully saturated rings. The van der Waals surface area contributed by atoms with Crippen molar-refractivity contribution in [2.75, 3.05) is 0 Å². The molecule has 28 heavy (non-hydrogen) atoms. The summed E-state index contributed by atoms with van der Waals surface area (Å²) in [4.78, 5) is 16.2. The highest BCUT2D eigenvalue weighted by molar-refractivity contribution is 6.03. The molecule has 4 aromatic rings. The van der Waals surface area contributed by atoms with Crippen LogP contribution in [0.15, 0.2) is 78.9 Å². The Morgan fingerprint density at radius 1 is 0.964 bits per heavy atom. The molecule has 0 saturated heterocycles. The third-order valence-electron chi connectivity index (χ3n) is 4.58. The molecule has 0 unspecified atom stereocenters. The average molecular weight is 368 g/mol. The number of rotatable bonds is 5. The fourth-order valence-corrected chi connectivity index (χ4v) is 3.12. The lowest BCUT2D eigenvalue weighted by molar-refractivity contribution is -0.254. The van der Waals surface area contributed by atoms with E-state index in [1.807, 2.05) is 79.7 Å². The summed E-state index contributed by atoms with van der Waals surface area (Å²) in [5, 5.41) is 12.2. The Morgan fingerprint density at radius 3 is 2.43 bits per heavy atom. The van der Waals surface area contributed by atoms with Gasteiger partial charge in [-0.15, -0.1) is 0 Å². The number of carboxylic acid groups (broad SMARTS) is 1. The van der Waals surface area contributed by atoms with Gasteiger partial charge in [-0.3, -0.25) is 0 Å². The lowest BCUT2D eigenvalue weighted by Gasteiger charge is -2.12. The Bertz CT molecular complexity index is 1140. The zero-order valence-electron chi connectivity index (χ0n) is 15.4. The van der Waals surface area contributed by atoms with Crippen LogP contribution in [0, 0.1) is 6.92 Å². The number of hydrogen-bond acceptors (Lipinski definition) is 4. The predicted octanol–water partition coefficient (Wildman–Crippen LogP) is 4.15. The second kappa shape index (κ2) is 7.53. The van der Waals surface area contributed by atoms with Crippen LogP contribution in [0.4, 0.5) is 0 Å². The summed E-state index contributed by atoms with van der Waals surface area (Å²) in [5.74, 6) is -0.466. The number of benzene rings is 3. The summed E-state index contributed by atoms with van der Waals surface area (Å²) in [6.45, 7) is 2.41. The fraction of sp³-hybridized carbons (Fsp3) is 0.0833. The topological polar surface area (TPSA) is 62.2 Å². The Morgan fingerprint density at radius 2 is 1.71 bits per heavy atom. The maximum absolute atomic E-state index is 11.6. The molecule has 0 aliphatic rings. The summed E-state index contributed by atoms with van der Waals surface area (Å²) in [7, 11) is 0. The Hall–Kier alpha value is -3.66. The second-order valence-corrected chi connectivity index (χ2v) is 6.66. The number of aryl methyl sites for hydroxylation is 1. The molecule has 4 rings (SSSR count). The molecule has 0 saturated carbocycles. The van der Waals surface area contributed by atoms with Crippen LogP contribution >= 0.6 is 0 Å². The zero-order chi connectivity index (χ0) is 19.5. The van der Waals surface area contributed by atoms with Gasteiger partial charge in [0.15, 0.2) is 0 Å². The summed E-state index contributed by atoms with van der Waals surface area (Å²) in [5.41, 5.74) is 4.25. The quantitative estimate of drug-likeness (QED) is 0.531. The first-order valence-corrected chi connectivity index (χ1v) is 9.00. The van der Waals surface area contributed by atoms with E-state index in [9.17, 15) is 9.90 Å². The first-order valence-electron chi connectivity index (χ1n) is 9.00. The van der Waals surface area contributed by atoms with Crippen molar-refractivity contribution >= 4 is 16.9 Å². The van der Waals surface area contributed by atoms with Crippen LogP contribution in [0.3, 0.4) is 0 Å². The highest BCUT2D eigenvalue weighted by atomic mass is 16.5. The molecule has 3 aromatic carbocycles. The van der Waals surface area contributed by atoms with Gasteiger partial charge in [-0.25, -0.2) is 4.98 Å². The maximum Gasteiger partial charge on any atom is 0.119 e. The molecule has 138 valence electrons. The summed E-state index contributed by atoms with van der Waals surface area (Å²) in [6, 6.07) is 24.5. The molecular formula is C24H18NO3-. The minimum atomic E-state index is -1.21. The van der Waals surface area contributed by atoms with Crippen LogP contribution in [0.2, 0.25) is 0 Å². The molecule has 0 radical (unpaired) electrons. The first kappa shape index (κ1) is 17.7. The number of pyridine rings is 1. The van der Waals surface area contributed by atoms with Crippen LogP contribution in [-0.4, -0.2) is 11.0 Å². The molecule has 4 nitrogen and oxygen atoms in total. The van der Waals surface area contributed by atoms with E-state index in [2.05, 4.69) is 4.98 Å². The van der Waals surface area contributed by atoms with E-state index >= 15 is 0 Å². The minimum Gasteiger partial charge on any atom is -0.545 e. The molecule has 0 N–H and O–H groups in total. The second-order valence-electron chi connectivity index (χ2n) is 6.66. The fourth-order valence-electron chi connectivity index (χ4n) is 3.12.